The van der Waals surface area contributed by atoms with Crippen LogP contribution in [0, 0.1) is 11.8 Å². The fourth-order valence-electron chi connectivity index (χ4n) is 3.77. The van der Waals surface area contributed by atoms with E-state index in [1.54, 1.807) is 0 Å². The highest BCUT2D eigenvalue weighted by molar-refractivity contribution is 7.99. The van der Waals surface area contributed by atoms with Gasteiger partial charge in [0.25, 0.3) is 0 Å². The van der Waals surface area contributed by atoms with Gasteiger partial charge >= 0.3 is 0 Å². The van der Waals surface area contributed by atoms with Crippen molar-refractivity contribution in [2.75, 3.05) is 43.1 Å². The Morgan fingerprint density at radius 1 is 1.19 bits per heavy atom. The summed E-state index contributed by atoms with van der Waals surface area (Å²) in [6.45, 7) is 4.06. The van der Waals surface area contributed by atoms with Gasteiger partial charge < -0.3 is 11.1 Å². The zero-order valence-electron chi connectivity index (χ0n) is 16.4. The van der Waals surface area contributed by atoms with E-state index in [4.69, 9.17) is 5.73 Å². The third kappa shape index (κ3) is 5.47. The number of carbonyl (C=O) groups excluding carboxylic acids is 2. The molecule has 0 radical (unpaired) electrons. The summed E-state index contributed by atoms with van der Waals surface area (Å²) in [4.78, 5) is 25.3. The summed E-state index contributed by atoms with van der Waals surface area (Å²) in [5.41, 5.74) is 4.34. The highest BCUT2D eigenvalue weighted by Gasteiger charge is 2.37. The second-order valence-electron chi connectivity index (χ2n) is 8.15. The maximum absolute atomic E-state index is 12.9. The molecule has 0 bridgehead atoms. The summed E-state index contributed by atoms with van der Waals surface area (Å²) in [5, 5.41) is 6.46. The third-order valence-corrected chi connectivity index (χ3v) is 9.01. The lowest BCUT2D eigenvalue weighted by atomic mass is 9.81. The number of fused-ring (bicyclic) bond motifs is 1. The van der Waals surface area contributed by atoms with Crippen molar-refractivity contribution in [3.8, 4) is 0 Å². The van der Waals surface area contributed by atoms with Gasteiger partial charge in [-0.1, -0.05) is 12.8 Å². The Morgan fingerprint density at radius 2 is 1.77 bits per heavy atom. The van der Waals surface area contributed by atoms with Gasteiger partial charge in [0.05, 0.1) is 24.2 Å². The van der Waals surface area contributed by atoms with Crippen LogP contribution in [0.1, 0.15) is 39.5 Å². The van der Waals surface area contributed by atoms with Crippen LogP contribution in [0.15, 0.2) is 0 Å². The molecule has 0 aromatic heterocycles. The molecular weight excluding hydrogens is 366 g/mol. The van der Waals surface area contributed by atoms with Gasteiger partial charge in [-0.15, -0.1) is 0 Å². The quantitative estimate of drug-likeness (QED) is 0.664. The number of likely N-dealkylation sites (N-methyl/N-ethyl adjacent to an activating group) is 1. The molecule has 1 heterocycles. The molecule has 2 aliphatic rings. The summed E-state index contributed by atoms with van der Waals surface area (Å²) >= 11 is 3.74. The zero-order chi connectivity index (χ0) is 19.2. The predicted octanol–water partition coefficient (Wildman–Crippen LogP) is 1.70. The first-order chi connectivity index (χ1) is 12.3. The number of nitrogens with one attached hydrogen (secondary N) is 2. The fraction of sp³-hybridized carbons (Fsp3) is 0.895. The summed E-state index contributed by atoms with van der Waals surface area (Å²) in [7, 11) is 1.85. The van der Waals surface area contributed by atoms with Crippen LogP contribution in [-0.4, -0.2) is 65.8 Å². The van der Waals surface area contributed by atoms with E-state index in [1.165, 1.54) is 25.7 Å². The molecule has 26 heavy (non-hydrogen) atoms. The van der Waals surface area contributed by atoms with Gasteiger partial charge in [0, 0.05) is 11.5 Å². The van der Waals surface area contributed by atoms with Gasteiger partial charge in [-0.3, -0.25) is 14.9 Å². The zero-order valence-corrected chi connectivity index (χ0v) is 18.1. The van der Waals surface area contributed by atoms with Gasteiger partial charge in [0.2, 0.25) is 0 Å². The van der Waals surface area contributed by atoms with Gasteiger partial charge in [-0.25, -0.2) is 0 Å². The van der Waals surface area contributed by atoms with E-state index in [1.807, 2.05) is 44.4 Å². The van der Waals surface area contributed by atoms with Crippen molar-refractivity contribution in [3.05, 3.63) is 0 Å². The van der Waals surface area contributed by atoms with Crippen LogP contribution in [0.3, 0.4) is 0 Å². The van der Waals surface area contributed by atoms with Crippen molar-refractivity contribution in [1.82, 2.24) is 10.6 Å². The smallest absolute Gasteiger partial charge is 0.167 e. The Hall–Kier alpha value is -0.0800. The van der Waals surface area contributed by atoms with Gasteiger partial charge in [0.15, 0.2) is 11.6 Å². The Kier molecular flexibility index (Phi) is 8.47. The number of hydrogen-bond acceptors (Lipinski definition) is 7. The molecule has 1 aliphatic carbocycles. The number of Topliss-reactive ketones (excluding diaryl/α,β-unsaturated/α-hetero) is 2. The van der Waals surface area contributed by atoms with E-state index in [0.717, 1.165) is 29.1 Å². The van der Waals surface area contributed by atoms with Crippen LogP contribution < -0.4 is 16.4 Å². The monoisotopic (exact) mass is 401 g/mol. The SMILES string of the molecule is CN[C@@]1(C)CSC[C@H]2CCCC[C@@H]2CSC[C@@](C)(C(=O)CN)NCC1=O. The minimum Gasteiger partial charge on any atom is -0.324 e. The van der Waals surface area contributed by atoms with Crippen molar-refractivity contribution >= 4 is 35.1 Å². The molecule has 4 atom stereocenters. The van der Waals surface area contributed by atoms with E-state index < -0.39 is 11.1 Å². The van der Waals surface area contributed by atoms with Gasteiger partial charge in [-0.2, -0.15) is 23.5 Å². The minimum absolute atomic E-state index is 0.00342. The van der Waals surface area contributed by atoms with E-state index in [-0.39, 0.29) is 24.7 Å². The first kappa shape index (κ1) is 22.2. The standard InChI is InChI=1S/C19H35N3O2S2/c1-18(21-3)12-25-10-14-6-4-5-7-15(14)11-26-13-19(2,16(23)8-20)22-9-17(18)24/h14-15,21-22H,4-13,20H2,1-3H3/t14-,15-,18+,19+/m1/s1. The van der Waals surface area contributed by atoms with E-state index >= 15 is 0 Å². The number of nitrogens with two attached hydrogens (primary N) is 1. The Bertz CT molecular complexity index is 505. The van der Waals surface area contributed by atoms with Crippen molar-refractivity contribution in [2.24, 2.45) is 17.6 Å². The molecule has 0 aromatic rings. The molecule has 0 unspecified atom stereocenters. The number of thioether (sulfide) groups is 2. The molecular formula is C19H35N3O2S2. The second-order valence-corrected chi connectivity index (χ2v) is 10.2. The molecule has 5 nitrogen and oxygen atoms in total. The lowest BCUT2D eigenvalue weighted by Gasteiger charge is -2.33. The minimum atomic E-state index is -0.741. The molecule has 1 saturated carbocycles. The van der Waals surface area contributed by atoms with Crippen LogP contribution >= 0.6 is 23.5 Å². The predicted molar refractivity (Wildman–Crippen MR) is 113 cm³/mol. The molecule has 7 heteroatoms. The summed E-state index contributed by atoms with van der Waals surface area (Å²) < 4.78 is 0. The van der Waals surface area contributed by atoms with Gasteiger partial charge in [-0.05, 0) is 57.1 Å². The van der Waals surface area contributed by atoms with Crippen LogP contribution in [0.5, 0.6) is 0 Å². The lowest BCUT2D eigenvalue weighted by Crippen LogP contribution is -2.59. The maximum atomic E-state index is 12.9. The average molecular weight is 402 g/mol. The van der Waals surface area contributed by atoms with E-state index in [9.17, 15) is 9.59 Å². The van der Waals surface area contributed by atoms with E-state index in [2.05, 4.69) is 10.6 Å². The maximum Gasteiger partial charge on any atom is 0.167 e. The number of hydrogen-bond donors (Lipinski definition) is 3. The van der Waals surface area contributed by atoms with Gasteiger partial charge in [0.1, 0.15) is 0 Å². The Morgan fingerprint density at radius 3 is 2.31 bits per heavy atom. The van der Waals surface area contributed by atoms with Crippen LogP contribution in [0.25, 0.3) is 0 Å². The molecule has 4 N–H and O–H groups in total. The Balaban J connectivity index is 2.19. The van der Waals surface area contributed by atoms with Crippen LogP contribution in [-0.2, 0) is 9.59 Å². The molecule has 150 valence electrons. The molecule has 2 fully saturated rings. The molecule has 1 saturated heterocycles. The van der Waals surface area contributed by atoms with Crippen LogP contribution in [0.2, 0.25) is 0 Å². The molecule has 0 amide bonds. The summed E-state index contributed by atoms with van der Waals surface area (Å²) in [5.74, 6) is 5.18. The van der Waals surface area contributed by atoms with Crippen molar-refractivity contribution in [1.29, 1.82) is 0 Å². The second kappa shape index (κ2) is 9.92. The normalized spacial score (nSPS) is 37.8. The third-order valence-electron chi connectivity index (χ3n) is 6.12. The number of rotatable bonds is 3. The molecule has 2 rings (SSSR count). The first-order valence-electron chi connectivity index (χ1n) is 9.71. The van der Waals surface area contributed by atoms with Crippen molar-refractivity contribution in [3.63, 3.8) is 0 Å². The number of ketones is 2. The Labute approximate surface area is 166 Å². The van der Waals surface area contributed by atoms with Crippen LogP contribution in [0.4, 0.5) is 0 Å². The average Bonchev–Trinajstić information content (AvgIpc) is 2.66. The summed E-state index contributed by atoms with van der Waals surface area (Å²) in [6, 6.07) is 0. The highest BCUT2D eigenvalue weighted by Crippen LogP contribution is 2.36. The number of carbonyl (C=O) groups is 2. The molecule has 0 spiro atoms. The highest BCUT2D eigenvalue weighted by atomic mass is 32.2. The summed E-state index contributed by atoms with van der Waals surface area (Å²) in [6.07, 6.45) is 5.21. The van der Waals surface area contributed by atoms with E-state index in [0.29, 0.717) is 5.75 Å². The molecule has 1 aliphatic heterocycles. The topological polar surface area (TPSA) is 84.2 Å². The molecule has 0 aromatic carbocycles. The van der Waals surface area contributed by atoms with Crippen molar-refractivity contribution in [2.45, 2.75) is 50.6 Å². The lowest BCUT2D eigenvalue weighted by molar-refractivity contribution is -0.125. The first-order valence-corrected chi connectivity index (χ1v) is 12.0. The fourth-order valence-corrected chi connectivity index (χ4v) is 6.87. The largest absolute Gasteiger partial charge is 0.324 e. The van der Waals surface area contributed by atoms with Crippen molar-refractivity contribution < 1.29 is 9.59 Å².